The number of nitrogens with one attached hydrogen (secondary N) is 1. The number of ether oxygens (including phenoxy) is 2. The molecule has 7 nitrogen and oxygen atoms in total. The van der Waals surface area contributed by atoms with Crippen LogP contribution in [-0.4, -0.2) is 41.6 Å². The van der Waals surface area contributed by atoms with E-state index < -0.39 is 0 Å². The number of hydrogen-bond acceptors (Lipinski definition) is 8. The Morgan fingerprint density at radius 1 is 1.09 bits per heavy atom. The Morgan fingerprint density at radius 3 is 2.57 bits per heavy atom. The molecule has 0 amide bonds. The minimum absolute atomic E-state index is 0.244. The number of nitrogens with two attached hydrogens (primary N) is 1. The summed E-state index contributed by atoms with van der Waals surface area (Å²) in [5.74, 6) is 0.858. The van der Waals surface area contributed by atoms with Gasteiger partial charge < -0.3 is 15.2 Å². The quantitative estimate of drug-likeness (QED) is 0.273. The van der Waals surface area contributed by atoms with Crippen LogP contribution in [-0.2, 0) is 4.74 Å². The van der Waals surface area contributed by atoms with Crippen molar-refractivity contribution >= 4 is 24.2 Å². The van der Waals surface area contributed by atoms with E-state index in [1.165, 1.54) is 24.8 Å². The molecule has 1 atom stereocenters. The molecular weight excluding hydrogens is 460 g/mol. The number of aryl methyl sites for hydroxylation is 2. The summed E-state index contributed by atoms with van der Waals surface area (Å²) in [5.41, 5.74) is 10.9. The molecule has 1 heterocycles. The van der Waals surface area contributed by atoms with Crippen LogP contribution in [0, 0.1) is 13.8 Å². The van der Waals surface area contributed by atoms with E-state index in [2.05, 4.69) is 35.7 Å². The number of anilines is 1. The van der Waals surface area contributed by atoms with Crippen molar-refractivity contribution in [3.05, 3.63) is 65.2 Å². The Hall–Kier alpha value is -2.94. The summed E-state index contributed by atoms with van der Waals surface area (Å²) in [7, 11) is 0. The molecule has 3 aromatic rings. The Kier molecular flexibility index (Phi) is 8.74. The van der Waals surface area contributed by atoms with Gasteiger partial charge in [0.1, 0.15) is 12.9 Å². The van der Waals surface area contributed by atoms with Crippen LogP contribution in [0.3, 0.4) is 0 Å². The van der Waals surface area contributed by atoms with Gasteiger partial charge in [0, 0.05) is 22.1 Å². The van der Waals surface area contributed by atoms with Crippen LogP contribution in [0.25, 0.3) is 11.3 Å². The first-order valence-electron chi connectivity index (χ1n) is 12.0. The summed E-state index contributed by atoms with van der Waals surface area (Å²) < 4.78 is 15.1. The van der Waals surface area contributed by atoms with Gasteiger partial charge in [-0.3, -0.25) is 9.52 Å². The first-order valence-corrected chi connectivity index (χ1v) is 12.8. The van der Waals surface area contributed by atoms with Crippen molar-refractivity contribution in [1.82, 2.24) is 9.97 Å². The van der Waals surface area contributed by atoms with Gasteiger partial charge in [-0.25, -0.2) is 4.98 Å². The van der Waals surface area contributed by atoms with E-state index in [4.69, 9.17) is 20.2 Å². The lowest BCUT2D eigenvalue weighted by atomic mass is 10.00. The number of nitrogens with zero attached hydrogens (tertiary/aromatic N) is 2. The van der Waals surface area contributed by atoms with Crippen LogP contribution < -0.4 is 15.2 Å². The van der Waals surface area contributed by atoms with E-state index in [-0.39, 0.29) is 6.04 Å². The first kappa shape index (κ1) is 25.2. The highest BCUT2D eigenvalue weighted by atomic mass is 32.2. The first-order chi connectivity index (χ1) is 17.0. The number of carbonyl (C=O) groups is 1. The third-order valence-electron chi connectivity index (χ3n) is 5.99. The fourth-order valence-corrected chi connectivity index (χ4v) is 4.84. The zero-order chi connectivity index (χ0) is 24.6. The average molecular weight is 493 g/mol. The van der Waals surface area contributed by atoms with E-state index in [0.29, 0.717) is 36.7 Å². The van der Waals surface area contributed by atoms with Crippen LogP contribution in [0.15, 0.2) is 53.4 Å². The molecule has 1 aromatic heterocycles. The number of benzene rings is 2. The SMILES string of the molecule is Cc1cccc(C)c1-c1cc(OCC(N)COC2CCCC2)nc(NSc2cccc(C=O)c2)n1. The summed E-state index contributed by atoms with van der Waals surface area (Å²) in [4.78, 5) is 21.3. The maximum atomic E-state index is 11.1. The number of rotatable bonds is 11. The maximum absolute atomic E-state index is 11.1. The second-order valence-corrected chi connectivity index (χ2v) is 9.77. The van der Waals surface area contributed by atoms with E-state index in [0.717, 1.165) is 46.4 Å². The van der Waals surface area contributed by atoms with Crippen LogP contribution in [0.4, 0.5) is 5.95 Å². The summed E-state index contributed by atoms with van der Waals surface area (Å²) in [6, 6.07) is 15.1. The molecule has 0 radical (unpaired) electrons. The van der Waals surface area contributed by atoms with Crippen LogP contribution >= 0.6 is 11.9 Å². The van der Waals surface area contributed by atoms with Crippen molar-refractivity contribution in [2.24, 2.45) is 5.73 Å². The third-order valence-corrected chi connectivity index (χ3v) is 6.76. The Labute approximate surface area is 211 Å². The van der Waals surface area contributed by atoms with Crippen molar-refractivity contribution in [3.8, 4) is 17.1 Å². The predicted octanol–water partition coefficient (Wildman–Crippen LogP) is 5.36. The molecule has 3 N–H and O–H groups in total. The lowest BCUT2D eigenvalue weighted by Gasteiger charge is -2.17. The Bertz CT molecular complexity index is 1130. The number of aromatic nitrogens is 2. The van der Waals surface area contributed by atoms with Gasteiger partial charge in [0.25, 0.3) is 0 Å². The minimum atomic E-state index is -0.244. The monoisotopic (exact) mass is 492 g/mol. The Morgan fingerprint density at radius 2 is 1.83 bits per heavy atom. The fraction of sp³-hybridized carbons (Fsp3) is 0.370. The summed E-state index contributed by atoms with van der Waals surface area (Å²) in [5, 5.41) is 0. The molecule has 1 saturated carbocycles. The van der Waals surface area contributed by atoms with Crippen molar-refractivity contribution in [2.45, 2.75) is 56.6 Å². The second-order valence-electron chi connectivity index (χ2n) is 8.89. The van der Waals surface area contributed by atoms with Gasteiger partial charge in [0.05, 0.1) is 24.4 Å². The zero-order valence-electron chi connectivity index (χ0n) is 20.2. The normalized spacial score (nSPS) is 14.6. The smallest absolute Gasteiger partial charge is 0.237 e. The van der Waals surface area contributed by atoms with Gasteiger partial charge in [-0.1, -0.05) is 43.2 Å². The molecule has 4 rings (SSSR count). The van der Waals surface area contributed by atoms with E-state index >= 15 is 0 Å². The van der Waals surface area contributed by atoms with Gasteiger partial charge in [0.2, 0.25) is 11.8 Å². The van der Waals surface area contributed by atoms with E-state index in [1.807, 2.05) is 24.3 Å². The van der Waals surface area contributed by atoms with E-state index in [1.54, 1.807) is 12.1 Å². The van der Waals surface area contributed by atoms with Gasteiger partial charge in [-0.15, -0.1) is 0 Å². The van der Waals surface area contributed by atoms with Crippen LogP contribution in [0.5, 0.6) is 5.88 Å². The maximum Gasteiger partial charge on any atom is 0.237 e. The van der Waals surface area contributed by atoms with Gasteiger partial charge in [-0.05, 0) is 61.9 Å². The van der Waals surface area contributed by atoms with Crippen LogP contribution in [0.1, 0.15) is 47.2 Å². The molecule has 0 spiro atoms. The Balaban J connectivity index is 1.50. The average Bonchev–Trinajstić information content (AvgIpc) is 3.39. The molecule has 2 aromatic carbocycles. The van der Waals surface area contributed by atoms with Crippen molar-refractivity contribution in [2.75, 3.05) is 17.9 Å². The molecule has 1 unspecified atom stereocenters. The molecule has 1 aliphatic carbocycles. The molecule has 184 valence electrons. The molecule has 8 heteroatoms. The molecular formula is C27H32N4O3S. The highest BCUT2D eigenvalue weighted by Gasteiger charge is 2.17. The van der Waals surface area contributed by atoms with Crippen molar-refractivity contribution in [1.29, 1.82) is 0 Å². The summed E-state index contributed by atoms with van der Waals surface area (Å²) >= 11 is 1.34. The standard InChI is InChI=1S/C27H32N4O3S/c1-18-7-5-8-19(2)26(18)24-14-25(34-17-21(28)16-33-22-10-3-4-11-22)30-27(29-24)31-35-23-12-6-9-20(13-23)15-32/h5-9,12-15,21-22H,3-4,10-11,16-17,28H2,1-2H3,(H,29,30,31). The molecule has 35 heavy (non-hydrogen) atoms. The van der Waals surface area contributed by atoms with Crippen molar-refractivity contribution < 1.29 is 14.3 Å². The van der Waals surface area contributed by atoms with E-state index in [9.17, 15) is 4.79 Å². The molecule has 0 aliphatic heterocycles. The van der Waals surface area contributed by atoms with Gasteiger partial charge in [0.15, 0.2) is 0 Å². The lowest BCUT2D eigenvalue weighted by molar-refractivity contribution is 0.0408. The van der Waals surface area contributed by atoms with Crippen LogP contribution in [0.2, 0.25) is 0 Å². The summed E-state index contributed by atoms with van der Waals surface area (Å²) in [6.45, 7) is 4.89. The fourth-order valence-electron chi connectivity index (χ4n) is 4.20. The third kappa shape index (κ3) is 7.04. The number of hydrogen-bond donors (Lipinski definition) is 2. The molecule has 0 bridgehead atoms. The summed E-state index contributed by atoms with van der Waals surface area (Å²) in [6.07, 6.45) is 5.83. The van der Waals surface area contributed by atoms with Gasteiger partial charge >= 0.3 is 0 Å². The highest BCUT2D eigenvalue weighted by molar-refractivity contribution is 8.00. The topological polar surface area (TPSA) is 99.4 Å². The second kappa shape index (κ2) is 12.2. The zero-order valence-corrected chi connectivity index (χ0v) is 21.0. The molecule has 1 fully saturated rings. The number of aldehydes is 1. The molecule has 1 aliphatic rings. The number of carbonyl (C=O) groups excluding carboxylic acids is 1. The van der Waals surface area contributed by atoms with Gasteiger partial charge in [-0.2, -0.15) is 4.98 Å². The highest BCUT2D eigenvalue weighted by Crippen LogP contribution is 2.30. The lowest BCUT2D eigenvalue weighted by Crippen LogP contribution is -2.34. The predicted molar refractivity (Wildman–Crippen MR) is 140 cm³/mol. The minimum Gasteiger partial charge on any atom is -0.476 e. The largest absolute Gasteiger partial charge is 0.476 e. The molecule has 0 saturated heterocycles. The van der Waals surface area contributed by atoms with Crippen molar-refractivity contribution in [3.63, 3.8) is 0 Å².